The summed E-state index contributed by atoms with van der Waals surface area (Å²) in [7, 11) is 0. The minimum atomic E-state index is -1.40. The quantitative estimate of drug-likeness (QED) is 0.166. The zero-order valence-corrected chi connectivity index (χ0v) is 23.4. The van der Waals surface area contributed by atoms with E-state index >= 15 is 0 Å². The lowest BCUT2D eigenvalue weighted by Gasteiger charge is -2.12. The van der Waals surface area contributed by atoms with Crippen molar-refractivity contribution in [2.75, 3.05) is 0 Å². The summed E-state index contributed by atoms with van der Waals surface area (Å²) < 4.78 is 7.37. The average Bonchev–Trinajstić information content (AvgIpc) is 2.82. The van der Waals surface area contributed by atoms with E-state index in [-0.39, 0.29) is 22.3 Å². The summed E-state index contributed by atoms with van der Waals surface area (Å²) in [6.07, 6.45) is 0. The maximum atomic E-state index is 13.0. The van der Waals surface area contributed by atoms with Crippen LogP contribution in [0, 0.1) is 0 Å². The average molecular weight is 730 g/mol. The zero-order chi connectivity index (χ0) is 25.6. The van der Waals surface area contributed by atoms with E-state index in [1.54, 1.807) is 24.3 Å². The van der Waals surface area contributed by atoms with Crippen LogP contribution >= 0.6 is 63.7 Å². The Morgan fingerprint density at radius 3 is 1.03 bits per heavy atom. The summed E-state index contributed by atoms with van der Waals surface area (Å²) in [5, 5.41) is 21.4. The number of hydrogen-bond donors (Lipinski definition) is 2. The highest BCUT2D eigenvalue weighted by Gasteiger charge is 2.26. The van der Waals surface area contributed by atoms with Crippen molar-refractivity contribution in [2.45, 2.75) is 0 Å². The van der Waals surface area contributed by atoms with Gasteiger partial charge < -0.3 is 14.9 Å². The summed E-state index contributed by atoms with van der Waals surface area (Å²) >= 11 is 13.4. The monoisotopic (exact) mass is 726 g/mol. The van der Waals surface area contributed by atoms with Gasteiger partial charge in [-0.25, -0.2) is 19.2 Å². The number of fused-ring (bicyclic) bond motifs is 2. The Morgan fingerprint density at radius 2 is 0.771 bits per heavy atom. The van der Waals surface area contributed by atoms with Crippen molar-refractivity contribution in [2.24, 2.45) is 0 Å². The molecule has 0 bridgehead atoms. The number of hydrogen-bond acceptors (Lipinski definition) is 5. The standard InChI is InChI=1S/C24H10Br4O7/c25-17-1-3-19(27)11-7-15(13(21(29)30)5-9(11)17)23(33)35-24(34)16-8-12-10(6-14(16)22(31)32)18(26)2-4-20(12)28/h1-8H,(H,29,30)(H,31,32). The number of carboxylic acid groups (broad SMARTS) is 2. The Morgan fingerprint density at radius 1 is 0.514 bits per heavy atom. The number of ether oxygens (including phenoxy) is 1. The Hall–Kier alpha value is -2.60. The van der Waals surface area contributed by atoms with E-state index in [9.17, 15) is 29.4 Å². The Bertz CT molecular complexity index is 1490. The van der Waals surface area contributed by atoms with Gasteiger partial charge in [0.15, 0.2) is 0 Å². The van der Waals surface area contributed by atoms with E-state index in [0.29, 0.717) is 39.4 Å². The van der Waals surface area contributed by atoms with Gasteiger partial charge in [0.05, 0.1) is 22.3 Å². The van der Waals surface area contributed by atoms with Gasteiger partial charge in [-0.1, -0.05) is 63.7 Å². The fourth-order valence-corrected chi connectivity index (χ4v) is 5.37. The highest BCUT2D eigenvalue weighted by molar-refractivity contribution is 9.11. The predicted octanol–water partition coefficient (Wildman–Crippen LogP) is 7.44. The van der Waals surface area contributed by atoms with E-state index in [4.69, 9.17) is 4.74 Å². The summed E-state index contributed by atoms with van der Waals surface area (Å²) in [6.45, 7) is 0. The number of aromatic carboxylic acids is 2. The van der Waals surface area contributed by atoms with Crippen molar-refractivity contribution >= 4 is 109 Å². The van der Waals surface area contributed by atoms with Crippen LogP contribution in [0.4, 0.5) is 0 Å². The smallest absolute Gasteiger partial charge is 0.346 e. The molecular weight excluding hydrogens is 720 g/mol. The number of esters is 2. The van der Waals surface area contributed by atoms with Gasteiger partial charge >= 0.3 is 23.9 Å². The van der Waals surface area contributed by atoms with Crippen molar-refractivity contribution in [1.29, 1.82) is 0 Å². The maximum absolute atomic E-state index is 13.0. The molecule has 4 aromatic rings. The molecule has 176 valence electrons. The zero-order valence-electron chi connectivity index (χ0n) is 17.1. The molecule has 0 amide bonds. The fourth-order valence-electron chi connectivity index (χ4n) is 3.53. The Balaban J connectivity index is 1.82. The summed E-state index contributed by atoms with van der Waals surface area (Å²) in [6, 6.07) is 12.0. The van der Waals surface area contributed by atoms with E-state index in [1.807, 2.05) is 0 Å². The lowest BCUT2D eigenvalue weighted by Crippen LogP contribution is -2.18. The molecule has 0 fully saturated rings. The molecule has 4 rings (SSSR count). The van der Waals surface area contributed by atoms with Crippen LogP contribution in [-0.2, 0) is 4.74 Å². The summed E-state index contributed by atoms with van der Waals surface area (Å²) in [5.41, 5.74) is -1.48. The van der Waals surface area contributed by atoms with Gasteiger partial charge in [-0.3, -0.25) is 0 Å². The molecule has 0 saturated heterocycles. The van der Waals surface area contributed by atoms with Crippen molar-refractivity contribution in [3.05, 3.63) is 88.7 Å². The maximum Gasteiger partial charge on any atom is 0.346 e. The van der Waals surface area contributed by atoms with Crippen LogP contribution in [0.15, 0.2) is 66.4 Å². The highest BCUT2D eigenvalue weighted by atomic mass is 79.9. The molecule has 0 aliphatic rings. The summed E-state index contributed by atoms with van der Waals surface area (Å²) in [4.78, 5) is 49.7. The molecule has 0 aliphatic carbocycles. The first-order valence-corrected chi connectivity index (χ1v) is 12.7. The second kappa shape index (κ2) is 9.81. The minimum absolute atomic E-state index is 0.362. The Kier molecular flexibility index (Phi) is 7.14. The van der Waals surface area contributed by atoms with Crippen molar-refractivity contribution < 1.29 is 34.1 Å². The van der Waals surface area contributed by atoms with Crippen LogP contribution < -0.4 is 0 Å². The number of benzene rings is 4. The molecule has 0 spiro atoms. The van der Waals surface area contributed by atoms with Gasteiger partial charge in [-0.05, 0) is 70.1 Å². The normalized spacial score (nSPS) is 11.0. The number of carbonyl (C=O) groups excluding carboxylic acids is 2. The topological polar surface area (TPSA) is 118 Å². The van der Waals surface area contributed by atoms with Crippen LogP contribution in [0.1, 0.15) is 41.4 Å². The van der Waals surface area contributed by atoms with Gasteiger partial charge in [0, 0.05) is 17.9 Å². The lowest BCUT2D eigenvalue weighted by molar-refractivity contribution is 0.0387. The number of rotatable bonds is 4. The largest absolute Gasteiger partial charge is 0.478 e. The number of halogens is 4. The number of carbonyl (C=O) groups is 4. The van der Waals surface area contributed by atoms with Gasteiger partial charge in [-0.2, -0.15) is 0 Å². The molecule has 0 atom stereocenters. The molecule has 11 heteroatoms. The molecule has 35 heavy (non-hydrogen) atoms. The molecule has 4 aromatic carbocycles. The van der Waals surface area contributed by atoms with Gasteiger partial charge in [0.2, 0.25) is 0 Å². The molecular formula is C24H10Br4O7. The van der Waals surface area contributed by atoms with Crippen molar-refractivity contribution in [3.8, 4) is 0 Å². The third kappa shape index (κ3) is 4.77. The van der Waals surface area contributed by atoms with Crippen LogP contribution in [0.2, 0.25) is 0 Å². The van der Waals surface area contributed by atoms with Gasteiger partial charge in [0.25, 0.3) is 0 Å². The third-order valence-corrected chi connectivity index (χ3v) is 7.95. The van der Waals surface area contributed by atoms with E-state index in [0.717, 1.165) is 0 Å². The van der Waals surface area contributed by atoms with Crippen LogP contribution in [-0.4, -0.2) is 34.1 Å². The second-order valence-corrected chi connectivity index (χ2v) is 10.6. The second-order valence-electron chi connectivity index (χ2n) is 7.23. The SMILES string of the molecule is O=C(O)c1cc2c(Br)ccc(Br)c2cc1C(=O)OC(=O)c1cc2c(Br)ccc(Br)c2cc1C(=O)O. The van der Waals surface area contributed by atoms with E-state index in [2.05, 4.69) is 63.7 Å². The first kappa shape index (κ1) is 25.5. The highest BCUT2D eigenvalue weighted by Crippen LogP contribution is 2.35. The molecule has 0 aromatic heterocycles. The third-order valence-electron chi connectivity index (χ3n) is 5.18. The Labute approximate surface area is 230 Å². The van der Waals surface area contributed by atoms with Gasteiger partial charge in [0.1, 0.15) is 0 Å². The molecule has 0 aliphatic heterocycles. The fraction of sp³-hybridized carbons (Fsp3) is 0. The molecule has 7 nitrogen and oxygen atoms in total. The lowest BCUT2D eigenvalue weighted by atomic mass is 10.00. The predicted molar refractivity (Wildman–Crippen MR) is 142 cm³/mol. The van der Waals surface area contributed by atoms with Crippen molar-refractivity contribution in [3.63, 3.8) is 0 Å². The molecule has 0 heterocycles. The molecule has 0 radical (unpaired) electrons. The van der Waals surface area contributed by atoms with E-state index < -0.39 is 23.9 Å². The van der Waals surface area contributed by atoms with Crippen molar-refractivity contribution in [1.82, 2.24) is 0 Å². The van der Waals surface area contributed by atoms with E-state index in [1.165, 1.54) is 24.3 Å². The van der Waals surface area contributed by atoms with Crippen LogP contribution in [0.25, 0.3) is 21.5 Å². The molecule has 0 unspecified atom stereocenters. The number of carboxylic acids is 2. The first-order valence-electron chi connectivity index (χ1n) is 9.56. The summed E-state index contributed by atoms with van der Waals surface area (Å²) in [5.74, 6) is -5.26. The van der Waals surface area contributed by atoms with Gasteiger partial charge in [-0.15, -0.1) is 0 Å². The molecule has 2 N–H and O–H groups in total. The minimum Gasteiger partial charge on any atom is -0.478 e. The van der Waals surface area contributed by atoms with Crippen LogP contribution in [0.3, 0.4) is 0 Å². The molecule has 0 saturated carbocycles. The van der Waals surface area contributed by atoms with Crippen LogP contribution in [0.5, 0.6) is 0 Å². The first-order chi connectivity index (χ1) is 16.5.